The standard InChI is InChI=1S/C14H11BrF3N/c1-7-6-8(15)2-3-9(7)14(19)10-4-5-11(16)13(18)12(10)17/h2-6,14H,19H2,1H3. The van der Waals surface area contributed by atoms with Crippen LogP contribution >= 0.6 is 15.9 Å². The molecule has 0 heterocycles. The topological polar surface area (TPSA) is 26.0 Å². The van der Waals surface area contributed by atoms with E-state index in [2.05, 4.69) is 15.9 Å². The van der Waals surface area contributed by atoms with Crippen molar-refractivity contribution in [1.82, 2.24) is 0 Å². The van der Waals surface area contributed by atoms with Crippen molar-refractivity contribution in [3.05, 3.63) is 68.9 Å². The van der Waals surface area contributed by atoms with Crippen LogP contribution in [0.1, 0.15) is 22.7 Å². The van der Waals surface area contributed by atoms with E-state index < -0.39 is 23.5 Å². The van der Waals surface area contributed by atoms with Crippen LogP contribution in [0.25, 0.3) is 0 Å². The molecule has 0 fully saturated rings. The van der Waals surface area contributed by atoms with E-state index in [-0.39, 0.29) is 5.56 Å². The van der Waals surface area contributed by atoms with Crippen LogP contribution in [0.15, 0.2) is 34.8 Å². The lowest BCUT2D eigenvalue weighted by atomic mass is 9.95. The monoisotopic (exact) mass is 329 g/mol. The zero-order valence-electron chi connectivity index (χ0n) is 10.1. The van der Waals surface area contributed by atoms with Gasteiger partial charge in [0.05, 0.1) is 6.04 Å². The number of aryl methyl sites for hydroxylation is 1. The third-order valence-electron chi connectivity index (χ3n) is 2.97. The summed E-state index contributed by atoms with van der Waals surface area (Å²) in [7, 11) is 0. The van der Waals surface area contributed by atoms with Gasteiger partial charge in [-0.25, -0.2) is 13.2 Å². The van der Waals surface area contributed by atoms with Crippen molar-refractivity contribution in [2.45, 2.75) is 13.0 Å². The average molecular weight is 330 g/mol. The molecule has 0 aliphatic rings. The van der Waals surface area contributed by atoms with Crippen molar-refractivity contribution in [2.24, 2.45) is 5.73 Å². The zero-order chi connectivity index (χ0) is 14.2. The molecule has 0 amide bonds. The molecule has 2 rings (SSSR count). The molecular formula is C14H11BrF3N. The minimum Gasteiger partial charge on any atom is -0.320 e. The molecule has 0 radical (unpaired) electrons. The first-order valence-electron chi connectivity index (χ1n) is 5.57. The zero-order valence-corrected chi connectivity index (χ0v) is 11.6. The Hall–Kier alpha value is -1.33. The smallest absolute Gasteiger partial charge is 0.194 e. The molecule has 19 heavy (non-hydrogen) atoms. The second kappa shape index (κ2) is 5.35. The quantitative estimate of drug-likeness (QED) is 0.820. The van der Waals surface area contributed by atoms with Crippen molar-refractivity contribution < 1.29 is 13.2 Å². The van der Waals surface area contributed by atoms with Crippen molar-refractivity contribution in [3.63, 3.8) is 0 Å². The Kier molecular flexibility index (Phi) is 3.96. The highest BCUT2D eigenvalue weighted by atomic mass is 79.9. The Labute approximate surface area is 117 Å². The highest BCUT2D eigenvalue weighted by molar-refractivity contribution is 9.10. The molecule has 0 aromatic heterocycles. The summed E-state index contributed by atoms with van der Waals surface area (Å²) in [6.07, 6.45) is 0. The summed E-state index contributed by atoms with van der Waals surface area (Å²) in [5.41, 5.74) is 7.38. The van der Waals surface area contributed by atoms with Crippen LogP contribution < -0.4 is 5.73 Å². The van der Waals surface area contributed by atoms with E-state index in [1.54, 1.807) is 12.1 Å². The molecule has 0 aliphatic heterocycles. The fraction of sp³-hybridized carbons (Fsp3) is 0.143. The molecule has 2 aromatic carbocycles. The highest BCUT2D eigenvalue weighted by Gasteiger charge is 2.20. The average Bonchev–Trinajstić information content (AvgIpc) is 2.35. The minimum atomic E-state index is -1.50. The fourth-order valence-corrected chi connectivity index (χ4v) is 2.41. The van der Waals surface area contributed by atoms with Crippen molar-refractivity contribution in [2.75, 3.05) is 0 Å². The molecule has 100 valence electrons. The van der Waals surface area contributed by atoms with Gasteiger partial charge in [-0.1, -0.05) is 28.1 Å². The molecule has 5 heteroatoms. The second-order valence-electron chi connectivity index (χ2n) is 4.24. The highest BCUT2D eigenvalue weighted by Crippen LogP contribution is 2.28. The lowest BCUT2D eigenvalue weighted by Gasteiger charge is -2.16. The maximum absolute atomic E-state index is 13.7. The molecule has 0 spiro atoms. The van der Waals surface area contributed by atoms with Crippen LogP contribution in [-0.2, 0) is 0 Å². The van der Waals surface area contributed by atoms with Crippen LogP contribution in [0, 0.1) is 24.4 Å². The van der Waals surface area contributed by atoms with Gasteiger partial charge in [0.1, 0.15) is 0 Å². The maximum atomic E-state index is 13.7. The first-order chi connectivity index (χ1) is 8.91. The van der Waals surface area contributed by atoms with Gasteiger partial charge in [0.2, 0.25) is 0 Å². The van der Waals surface area contributed by atoms with Gasteiger partial charge in [-0.05, 0) is 36.2 Å². The van der Waals surface area contributed by atoms with Gasteiger partial charge in [-0.3, -0.25) is 0 Å². The van der Waals surface area contributed by atoms with Crippen LogP contribution in [-0.4, -0.2) is 0 Å². The van der Waals surface area contributed by atoms with Crippen molar-refractivity contribution >= 4 is 15.9 Å². The van der Waals surface area contributed by atoms with E-state index in [0.29, 0.717) is 5.56 Å². The molecule has 0 saturated carbocycles. The largest absolute Gasteiger partial charge is 0.320 e. The Bertz CT molecular complexity index is 628. The SMILES string of the molecule is Cc1cc(Br)ccc1C(N)c1ccc(F)c(F)c1F. The van der Waals surface area contributed by atoms with E-state index >= 15 is 0 Å². The molecule has 1 atom stereocenters. The number of benzene rings is 2. The van der Waals surface area contributed by atoms with Crippen LogP contribution in [0.5, 0.6) is 0 Å². The van der Waals surface area contributed by atoms with Gasteiger partial charge in [-0.2, -0.15) is 0 Å². The summed E-state index contributed by atoms with van der Waals surface area (Å²) in [4.78, 5) is 0. The summed E-state index contributed by atoms with van der Waals surface area (Å²) in [6.45, 7) is 1.82. The lowest BCUT2D eigenvalue weighted by Crippen LogP contribution is -2.16. The summed E-state index contributed by atoms with van der Waals surface area (Å²) in [5.74, 6) is -3.96. The van der Waals surface area contributed by atoms with Crippen LogP contribution in [0.4, 0.5) is 13.2 Å². The van der Waals surface area contributed by atoms with Gasteiger partial charge in [0, 0.05) is 10.0 Å². The molecule has 0 bridgehead atoms. The third-order valence-corrected chi connectivity index (χ3v) is 3.46. The second-order valence-corrected chi connectivity index (χ2v) is 5.16. The Morgan fingerprint density at radius 1 is 1.00 bits per heavy atom. The van der Waals surface area contributed by atoms with E-state index in [0.717, 1.165) is 16.1 Å². The Morgan fingerprint density at radius 2 is 1.63 bits per heavy atom. The molecule has 2 aromatic rings. The van der Waals surface area contributed by atoms with Crippen LogP contribution in [0.2, 0.25) is 0 Å². The molecule has 1 nitrogen and oxygen atoms in total. The summed E-state index contributed by atoms with van der Waals surface area (Å²) < 4.78 is 40.7. The van der Waals surface area contributed by atoms with Gasteiger partial charge in [-0.15, -0.1) is 0 Å². The predicted molar refractivity (Wildman–Crippen MR) is 71.2 cm³/mol. The van der Waals surface area contributed by atoms with Gasteiger partial charge >= 0.3 is 0 Å². The Balaban J connectivity index is 2.50. The van der Waals surface area contributed by atoms with E-state index in [4.69, 9.17) is 5.73 Å². The number of nitrogens with two attached hydrogens (primary N) is 1. The normalized spacial score (nSPS) is 12.5. The summed E-state index contributed by atoms with van der Waals surface area (Å²) in [6, 6.07) is 6.52. The van der Waals surface area contributed by atoms with Gasteiger partial charge in [0.15, 0.2) is 17.5 Å². The van der Waals surface area contributed by atoms with Crippen LogP contribution in [0.3, 0.4) is 0 Å². The molecular weight excluding hydrogens is 319 g/mol. The van der Waals surface area contributed by atoms with E-state index in [9.17, 15) is 13.2 Å². The van der Waals surface area contributed by atoms with Gasteiger partial charge in [0.25, 0.3) is 0 Å². The lowest BCUT2D eigenvalue weighted by molar-refractivity contribution is 0.438. The maximum Gasteiger partial charge on any atom is 0.194 e. The molecule has 0 aliphatic carbocycles. The fourth-order valence-electron chi connectivity index (χ4n) is 1.94. The van der Waals surface area contributed by atoms with Gasteiger partial charge < -0.3 is 5.73 Å². The number of halogens is 4. The molecule has 1 unspecified atom stereocenters. The summed E-state index contributed by atoms with van der Waals surface area (Å²) >= 11 is 3.31. The summed E-state index contributed by atoms with van der Waals surface area (Å²) in [5, 5.41) is 0. The Morgan fingerprint density at radius 3 is 2.26 bits per heavy atom. The molecule has 0 saturated heterocycles. The first kappa shape index (κ1) is 14.1. The van der Waals surface area contributed by atoms with E-state index in [1.165, 1.54) is 6.07 Å². The van der Waals surface area contributed by atoms with Crippen molar-refractivity contribution in [3.8, 4) is 0 Å². The minimum absolute atomic E-state index is 0.0654. The molecule has 2 N–H and O–H groups in total. The third kappa shape index (κ3) is 2.67. The number of hydrogen-bond donors (Lipinski definition) is 1. The van der Waals surface area contributed by atoms with E-state index in [1.807, 2.05) is 13.0 Å². The first-order valence-corrected chi connectivity index (χ1v) is 6.36. The number of rotatable bonds is 2. The van der Waals surface area contributed by atoms with Crippen molar-refractivity contribution in [1.29, 1.82) is 0 Å². The number of hydrogen-bond acceptors (Lipinski definition) is 1. The predicted octanol–water partition coefficient (Wildman–Crippen LogP) is 4.22.